The summed E-state index contributed by atoms with van der Waals surface area (Å²) < 4.78 is 62.8. The molecule has 5 fully saturated rings. The third-order valence-electron chi connectivity index (χ3n) is 18.0. The van der Waals surface area contributed by atoms with Gasteiger partial charge in [-0.2, -0.15) is 4.31 Å². The second kappa shape index (κ2) is 25.3. The van der Waals surface area contributed by atoms with Crippen molar-refractivity contribution >= 4 is 69.1 Å². The largest absolute Gasteiger partial charge is 0.481 e. The van der Waals surface area contributed by atoms with Crippen LogP contribution in [0.5, 0.6) is 0 Å². The number of carbonyl (C=O) groups excluding carboxylic acids is 3. The number of nitrogens with one attached hydrogen (secondary N) is 2. The number of nitrogen functional groups attached to an aromatic ring is 1. The van der Waals surface area contributed by atoms with Gasteiger partial charge in [-0.1, -0.05) is 66.1 Å². The monoisotopic (exact) mass is 1200 g/mol. The Balaban J connectivity index is 0.770. The summed E-state index contributed by atoms with van der Waals surface area (Å²) >= 11 is 1.12. The van der Waals surface area contributed by atoms with Crippen LogP contribution < -0.4 is 16.4 Å². The molecule has 2 aromatic heterocycles. The molecule has 27 nitrogen and oxygen atoms in total. The van der Waals surface area contributed by atoms with Gasteiger partial charge in [0.25, 0.3) is 0 Å². The molecule has 1 aliphatic heterocycles. The Morgan fingerprint density at radius 3 is 2.35 bits per heavy atom. The third-order valence-corrected chi connectivity index (χ3v) is 22.2. The summed E-state index contributed by atoms with van der Waals surface area (Å²) in [5.74, 6) is 0.168. The molecule has 4 aliphatic carbocycles. The second-order valence-electron chi connectivity index (χ2n) is 23.6. The maximum Gasteiger partial charge on any atom is 0.481 e. The minimum absolute atomic E-state index is 0.00814. The smallest absolute Gasteiger partial charge is 0.393 e. The third kappa shape index (κ3) is 14.7. The van der Waals surface area contributed by atoms with E-state index in [0.29, 0.717) is 30.4 Å². The zero-order chi connectivity index (χ0) is 58.2. The molecule has 1 saturated heterocycles. The van der Waals surface area contributed by atoms with Crippen LogP contribution in [-0.4, -0.2) is 156 Å². The lowest BCUT2D eigenvalue weighted by molar-refractivity contribution is -0.207. The highest BCUT2D eigenvalue weighted by molar-refractivity contribution is 8.13. The summed E-state index contributed by atoms with van der Waals surface area (Å²) in [7, 11) is -16.5. The molecule has 79 heavy (non-hydrogen) atoms. The fourth-order valence-electron chi connectivity index (χ4n) is 13.6. The van der Waals surface area contributed by atoms with E-state index in [0.717, 1.165) is 80.4 Å². The van der Waals surface area contributed by atoms with Gasteiger partial charge in [-0.3, -0.25) is 32.5 Å². The van der Waals surface area contributed by atoms with E-state index in [2.05, 4.69) is 55.2 Å². The summed E-state index contributed by atoms with van der Waals surface area (Å²) in [6.45, 7) is 9.17. The van der Waals surface area contributed by atoms with Gasteiger partial charge in [0.2, 0.25) is 11.8 Å². The molecule has 4 saturated carbocycles. The van der Waals surface area contributed by atoms with Crippen LogP contribution in [-0.2, 0) is 50.7 Å². The van der Waals surface area contributed by atoms with Gasteiger partial charge in [0.15, 0.2) is 22.8 Å². The van der Waals surface area contributed by atoms with Crippen LogP contribution in [0.25, 0.3) is 11.2 Å². The number of aromatic nitrogens is 4. The average Bonchev–Trinajstić information content (AvgIpc) is 4.30. The number of rotatable bonds is 25. The summed E-state index contributed by atoms with van der Waals surface area (Å²) in [5.41, 5.74) is 3.98. The average molecular weight is 1200 g/mol. The van der Waals surface area contributed by atoms with E-state index in [1.165, 1.54) is 13.8 Å². The van der Waals surface area contributed by atoms with Crippen LogP contribution in [0, 0.1) is 57.7 Å². The number of ether oxygens (including phenoxy) is 1. The lowest BCUT2D eigenvalue weighted by Gasteiger charge is -2.63. The van der Waals surface area contributed by atoms with Gasteiger partial charge in [-0.05, 0) is 97.7 Å². The number of aliphatic hydroxyl groups is 5. The zero-order valence-electron chi connectivity index (χ0n) is 45.3. The number of imidazole rings is 1. The van der Waals surface area contributed by atoms with Gasteiger partial charge in [-0.25, -0.2) is 28.6 Å². The van der Waals surface area contributed by atoms with Crippen molar-refractivity contribution in [1.82, 2.24) is 30.2 Å². The zero-order valence-corrected chi connectivity index (χ0v) is 48.8. The molecule has 3 heterocycles. The van der Waals surface area contributed by atoms with Crippen molar-refractivity contribution < 1.29 is 95.8 Å². The van der Waals surface area contributed by atoms with Crippen LogP contribution in [0.15, 0.2) is 12.7 Å². The van der Waals surface area contributed by atoms with Gasteiger partial charge in [0, 0.05) is 36.6 Å². The number of hydrogen-bond acceptors (Lipinski definition) is 21. The highest BCUT2D eigenvalue weighted by atomic mass is 32.2. The first kappa shape index (κ1) is 64.0. The highest BCUT2D eigenvalue weighted by Gasteiger charge is 2.66. The Bertz CT molecular complexity index is 2640. The Hall–Kier alpha value is -2.56. The van der Waals surface area contributed by atoms with E-state index in [4.69, 9.17) is 19.5 Å². The Morgan fingerprint density at radius 1 is 0.937 bits per heavy atom. The van der Waals surface area contributed by atoms with Crippen molar-refractivity contribution in [2.75, 3.05) is 37.8 Å². The van der Waals surface area contributed by atoms with Crippen molar-refractivity contribution in [2.24, 2.45) is 57.7 Å². The summed E-state index contributed by atoms with van der Waals surface area (Å²) in [4.78, 5) is 89.9. The number of fused-ring (bicyclic) bond motifs is 6. The van der Waals surface area contributed by atoms with E-state index < -0.39 is 96.8 Å². The van der Waals surface area contributed by atoms with E-state index in [1.54, 1.807) is 0 Å². The number of aliphatic hydroxyl groups excluding tert-OH is 5. The molecule has 0 spiro atoms. The Kier molecular flexibility index (Phi) is 20.5. The topological polar surface area (TPSA) is 424 Å². The lowest BCUT2D eigenvalue weighted by atomic mass is 9.43. The minimum atomic E-state index is -5.60. The lowest BCUT2D eigenvalue weighted by Crippen LogP contribution is -2.62. The first-order valence-corrected chi connectivity index (χ1v) is 32.4. The van der Waals surface area contributed by atoms with E-state index in [9.17, 15) is 73.2 Å². The van der Waals surface area contributed by atoms with Crippen LogP contribution in [0.3, 0.4) is 0 Å². The second-order valence-corrected chi connectivity index (χ2v) is 28.9. The fraction of sp³-hybridized carbons (Fsp3) is 0.833. The van der Waals surface area contributed by atoms with Crippen LogP contribution in [0.4, 0.5) is 5.82 Å². The molecule has 13 N–H and O–H groups in total. The molecule has 19 atom stereocenters. The molecule has 2 aromatic rings. The molecule has 0 bridgehead atoms. The molecule has 0 radical (unpaired) electrons. The minimum Gasteiger partial charge on any atom is -0.393 e. The van der Waals surface area contributed by atoms with Crippen molar-refractivity contribution in [1.29, 1.82) is 0 Å². The molecule has 448 valence electrons. The number of hydrogen-bond donors (Lipinski definition) is 12. The first-order chi connectivity index (χ1) is 36.8. The van der Waals surface area contributed by atoms with Crippen molar-refractivity contribution in [2.45, 2.75) is 161 Å². The van der Waals surface area contributed by atoms with E-state index in [1.807, 2.05) is 6.92 Å². The van der Waals surface area contributed by atoms with Crippen LogP contribution >= 0.6 is 35.2 Å². The summed E-state index contributed by atoms with van der Waals surface area (Å²) in [6, 6.07) is 0. The molecular weight excluding hydrogens is 1120 g/mol. The maximum atomic E-state index is 13.1. The van der Waals surface area contributed by atoms with Gasteiger partial charge in [0.05, 0.1) is 37.9 Å². The molecule has 5 aliphatic rings. The standard InChI is InChI=1S/C48H80N7O20P3S/c1-25(29-10-11-30-36-31(20-34(58)48(29,30)6)47(5)14-12-28(56)18-27(47)19-32(36)57)8-7-9-26(2)45(63)79-17-16-50-35(59)13-15-51-43(62)40(61)46(3,4)22-72-78(69,70)75-77(67,68)71-21-33-39(74-76(64,65)66)38(60)44(73-33)55-24-54-37-41(49)52-23-53-42(37)55/h23-34,36,38-40,44,56-58,60-61H,7-22H2,1-6H3,(H,50,59)(H,51,62)(H,67,68)(H,69,70)(H2,49,52,53)(H2,64,65,66)/t25-,26+,27+,28-,29-,30+,31+,32-,33-,34+,36+,38-,39-,40?,44-,47+,48-/m1/s1. The summed E-state index contributed by atoms with van der Waals surface area (Å²) in [6.07, 6.45) is 0.0812. The van der Waals surface area contributed by atoms with Gasteiger partial charge in [-0.15, -0.1) is 0 Å². The molecule has 0 aromatic carbocycles. The SMILES string of the molecule is C[C@H](CCC[C@H](C)C(=O)SCCNC(=O)CCNC(=O)C(O)C(C)(C)COP(=O)(O)OP(=O)(O)OC[C@H]1O[C@@H](n2cnc3c(N)ncnc32)[C@H](O)[C@@H]1OP(=O)(O)O)[C@H]1CC[C@H]2[C@@H]3[C@H](O)C[C@@H]4C[C@H](O)CC[C@]4(C)[C@H]3C[C@H](O)[C@]12C. The van der Waals surface area contributed by atoms with E-state index >= 15 is 0 Å². The van der Waals surface area contributed by atoms with Gasteiger partial charge in [0.1, 0.15) is 36.3 Å². The highest BCUT2D eigenvalue weighted by Crippen LogP contribution is 2.69. The molecule has 3 unspecified atom stereocenters. The Morgan fingerprint density at radius 2 is 1.65 bits per heavy atom. The number of carbonyl (C=O) groups is 3. The number of nitrogens with two attached hydrogens (primary N) is 1. The number of nitrogens with zero attached hydrogens (tertiary/aromatic N) is 4. The molecule has 7 rings (SSSR count). The Labute approximate surface area is 462 Å². The van der Waals surface area contributed by atoms with Crippen molar-refractivity contribution in [3.05, 3.63) is 12.7 Å². The predicted octanol–water partition coefficient (Wildman–Crippen LogP) is 3.07. The number of amides is 2. The maximum absolute atomic E-state index is 13.1. The molecule has 31 heteroatoms. The number of anilines is 1. The molecular formula is C48H80N7O20P3S. The number of phosphoric acid groups is 3. The summed E-state index contributed by atoms with van der Waals surface area (Å²) in [5, 5.41) is 60.8. The molecule has 2 amide bonds. The fourth-order valence-corrected chi connectivity index (χ4v) is 17.3. The number of thioether (sulfide) groups is 1. The number of phosphoric ester groups is 3. The first-order valence-electron chi connectivity index (χ1n) is 26.9. The van der Waals surface area contributed by atoms with Crippen LogP contribution in [0.2, 0.25) is 0 Å². The van der Waals surface area contributed by atoms with Gasteiger partial charge < -0.3 is 66.2 Å². The van der Waals surface area contributed by atoms with Crippen LogP contribution in [0.1, 0.15) is 118 Å². The van der Waals surface area contributed by atoms with Crippen molar-refractivity contribution in [3.8, 4) is 0 Å². The normalized spacial score (nSPS) is 34.6. The van der Waals surface area contributed by atoms with E-state index in [-0.39, 0.29) is 88.1 Å². The quantitative estimate of drug-likeness (QED) is 0.0502. The predicted molar refractivity (Wildman–Crippen MR) is 283 cm³/mol. The van der Waals surface area contributed by atoms with Gasteiger partial charge >= 0.3 is 23.5 Å². The van der Waals surface area contributed by atoms with Crippen molar-refractivity contribution in [3.63, 3.8) is 0 Å².